The van der Waals surface area contributed by atoms with Crippen molar-refractivity contribution in [3.05, 3.63) is 53.6 Å². The molecule has 2 aromatic carbocycles. The molecule has 0 aliphatic carbocycles. The van der Waals surface area contributed by atoms with E-state index < -0.39 is 17.3 Å². The average Bonchev–Trinajstić information content (AvgIpc) is 2.73. The van der Waals surface area contributed by atoms with E-state index in [9.17, 15) is 18.3 Å². The molecular weight excluding hydrogens is 445 g/mol. The largest absolute Gasteiger partial charge is 0.491 e. The van der Waals surface area contributed by atoms with Crippen LogP contribution in [0.1, 0.15) is 31.4 Å². The van der Waals surface area contributed by atoms with Gasteiger partial charge in [0.2, 0.25) is 0 Å². The summed E-state index contributed by atoms with van der Waals surface area (Å²) in [6.07, 6.45) is -4.50. The molecule has 1 N–H and O–H groups in total. The van der Waals surface area contributed by atoms with Gasteiger partial charge in [-0.2, -0.15) is 13.2 Å². The fourth-order valence-electron chi connectivity index (χ4n) is 2.97. The lowest BCUT2D eigenvalue weighted by Crippen LogP contribution is -2.42. The lowest BCUT2D eigenvalue weighted by atomic mass is 10.1. The monoisotopic (exact) mass is 472 g/mol. The van der Waals surface area contributed by atoms with Crippen LogP contribution in [0.3, 0.4) is 0 Å². The van der Waals surface area contributed by atoms with Crippen LogP contribution in [0.4, 0.5) is 13.2 Å². The summed E-state index contributed by atoms with van der Waals surface area (Å²) in [7, 11) is 0. The molecule has 3 rings (SSSR count). The number of benzene rings is 2. The van der Waals surface area contributed by atoms with E-state index in [4.69, 9.17) is 18.9 Å². The van der Waals surface area contributed by atoms with Crippen LogP contribution in [-0.4, -0.2) is 42.3 Å². The van der Waals surface area contributed by atoms with Gasteiger partial charge in [0, 0.05) is 10.6 Å². The number of hydrogen-bond donors (Lipinski definition) is 1. The summed E-state index contributed by atoms with van der Waals surface area (Å²) in [6.45, 7) is 5.88. The van der Waals surface area contributed by atoms with Crippen LogP contribution in [0.5, 0.6) is 11.5 Å². The Morgan fingerprint density at radius 2 is 1.75 bits per heavy atom. The molecule has 0 saturated carbocycles. The van der Waals surface area contributed by atoms with Crippen molar-refractivity contribution in [3.63, 3.8) is 0 Å². The predicted octanol–water partition coefficient (Wildman–Crippen LogP) is 5.42. The first kappa shape index (κ1) is 24.7. The molecule has 1 aliphatic heterocycles. The molecule has 2 aromatic rings. The molecule has 176 valence electrons. The van der Waals surface area contributed by atoms with E-state index >= 15 is 0 Å². The fraction of sp³-hybridized carbons (Fsp3) is 0.478. The highest BCUT2D eigenvalue weighted by atomic mass is 32.2. The van der Waals surface area contributed by atoms with Crippen LogP contribution in [0.15, 0.2) is 47.4 Å². The average molecular weight is 473 g/mol. The van der Waals surface area contributed by atoms with Gasteiger partial charge in [0.25, 0.3) is 0 Å². The highest BCUT2D eigenvalue weighted by molar-refractivity contribution is 7.99. The van der Waals surface area contributed by atoms with Crippen molar-refractivity contribution in [2.45, 2.75) is 56.4 Å². The van der Waals surface area contributed by atoms with Crippen LogP contribution < -0.4 is 9.47 Å². The molecule has 5 nitrogen and oxygen atoms in total. The number of ether oxygens (including phenoxy) is 4. The molecule has 1 fully saturated rings. The van der Waals surface area contributed by atoms with Crippen LogP contribution in [-0.2, 0) is 15.7 Å². The Kier molecular flexibility index (Phi) is 7.97. The maximum Gasteiger partial charge on any atom is 0.416 e. The first-order valence-electron chi connectivity index (χ1n) is 10.3. The SMILES string of the molecule is CCC(O)(COc1ccc(C(F)(F)F)cc1)CSc1ccc(OCC2OC(C)O2)c(C)c1. The third-order valence-corrected chi connectivity index (χ3v) is 6.33. The minimum Gasteiger partial charge on any atom is -0.491 e. The molecule has 0 amide bonds. The van der Waals surface area contributed by atoms with Crippen LogP contribution >= 0.6 is 11.8 Å². The predicted molar refractivity (Wildman–Crippen MR) is 115 cm³/mol. The van der Waals surface area contributed by atoms with Crippen molar-refractivity contribution < 1.29 is 37.2 Å². The number of thioether (sulfide) groups is 1. The van der Waals surface area contributed by atoms with Gasteiger partial charge in [-0.3, -0.25) is 0 Å². The Labute approximate surface area is 189 Å². The molecule has 1 heterocycles. The van der Waals surface area contributed by atoms with E-state index in [0.29, 0.717) is 18.8 Å². The van der Waals surface area contributed by atoms with Gasteiger partial charge in [0.15, 0.2) is 12.6 Å². The molecule has 32 heavy (non-hydrogen) atoms. The fourth-order valence-corrected chi connectivity index (χ4v) is 4.12. The number of alkyl halides is 3. The zero-order valence-corrected chi connectivity index (χ0v) is 19.0. The molecule has 1 saturated heterocycles. The number of aliphatic hydroxyl groups is 1. The summed E-state index contributed by atoms with van der Waals surface area (Å²) in [5.41, 5.74) is -0.925. The third kappa shape index (κ3) is 6.78. The van der Waals surface area contributed by atoms with Crippen molar-refractivity contribution in [1.29, 1.82) is 0 Å². The smallest absolute Gasteiger partial charge is 0.416 e. The van der Waals surface area contributed by atoms with E-state index in [1.807, 2.05) is 39.0 Å². The van der Waals surface area contributed by atoms with E-state index in [1.54, 1.807) is 0 Å². The van der Waals surface area contributed by atoms with E-state index in [2.05, 4.69) is 0 Å². The maximum atomic E-state index is 12.7. The van der Waals surface area contributed by atoms with Crippen molar-refractivity contribution in [3.8, 4) is 11.5 Å². The standard InChI is InChI=1S/C23H27F3O5S/c1-4-22(27,13-29-18-7-5-17(6-8-18)23(24,25)26)14-32-19-9-10-20(15(2)11-19)28-12-21-30-16(3)31-21/h5-11,16,21,27H,4,12-14H2,1-3H3. The molecule has 0 spiro atoms. The highest BCUT2D eigenvalue weighted by Gasteiger charge is 2.31. The Morgan fingerprint density at radius 1 is 1.06 bits per heavy atom. The second-order valence-corrected chi connectivity index (χ2v) is 8.73. The number of rotatable bonds is 10. The quantitative estimate of drug-likeness (QED) is 0.466. The van der Waals surface area contributed by atoms with Crippen molar-refractivity contribution in [2.24, 2.45) is 0 Å². The van der Waals surface area contributed by atoms with Gasteiger partial charge in [-0.15, -0.1) is 11.8 Å². The van der Waals surface area contributed by atoms with E-state index in [1.165, 1.54) is 23.9 Å². The maximum absolute atomic E-state index is 12.7. The molecule has 1 atom stereocenters. The van der Waals surface area contributed by atoms with E-state index in [-0.39, 0.29) is 24.9 Å². The summed E-state index contributed by atoms with van der Waals surface area (Å²) >= 11 is 1.47. The molecule has 1 aliphatic rings. The molecular formula is C23H27F3O5S. The molecule has 0 aromatic heterocycles. The summed E-state index contributed by atoms with van der Waals surface area (Å²) < 4.78 is 60.0. The zero-order chi connectivity index (χ0) is 23.4. The second kappa shape index (κ2) is 10.3. The van der Waals surface area contributed by atoms with Gasteiger partial charge < -0.3 is 24.1 Å². The Balaban J connectivity index is 1.50. The van der Waals surface area contributed by atoms with Crippen molar-refractivity contribution in [2.75, 3.05) is 19.0 Å². The first-order valence-corrected chi connectivity index (χ1v) is 11.3. The summed E-state index contributed by atoms with van der Waals surface area (Å²) in [6, 6.07) is 10.2. The number of aryl methyl sites for hydroxylation is 1. The minimum absolute atomic E-state index is 0.0259. The zero-order valence-electron chi connectivity index (χ0n) is 18.1. The lowest BCUT2D eigenvalue weighted by molar-refractivity contribution is -0.380. The van der Waals surface area contributed by atoms with Crippen molar-refractivity contribution >= 4 is 11.8 Å². The molecule has 9 heteroatoms. The van der Waals surface area contributed by atoms with Gasteiger partial charge in [0.1, 0.15) is 30.3 Å². The van der Waals surface area contributed by atoms with Crippen LogP contribution in [0.25, 0.3) is 0 Å². The number of halogens is 3. The molecule has 0 bridgehead atoms. The molecule has 0 radical (unpaired) electrons. The third-order valence-electron chi connectivity index (χ3n) is 5.06. The normalized spacial score (nSPS) is 20.3. The second-order valence-electron chi connectivity index (χ2n) is 7.69. The summed E-state index contributed by atoms with van der Waals surface area (Å²) in [5.74, 6) is 1.38. The minimum atomic E-state index is -4.39. The van der Waals surface area contributed by atoms with Crippen LogP contribution in [0.2, 0.25) is 0 Å². The summed E-state index contributed by atoms with van der Waals surface area (Å²) in [4.78, 5) is 0.959. The number of hydrogen-bond acceptors (Lipinski definition) is 6. The van der Waals surface area contributed by atoms with E-state index in [0.717, 1.165) is 28.3 Å². The Bertz CT molecular complexity index is 884. The van der Waals surface area contributed by atoms with Crippen molar-refractivity contribution in [1.82, 2.24) is 0 Å². The Morgan fingerprint density at radius 3 is 2.31 bits per heavy atom. The lowest BCUT2D eigenvalue weighted by Gasteiger charge is -2.33. The highest BCUT2D eigenvalue weighted by Crippen LogP contribution is 2.32. The van der Waals surface area contributed by atoms with Gasteiger partial charge >= 0.3 is 6.18 Å². The van der Waals surface area contributed by atoms with Gasteiger partial charge in [-0.05, 0) is 68.3 Å². The van der Waals surface area contributed by atoms with Gasteiger partial charge in [-0.1, -0.05) is 6.92 Å². The Hall–Kier alpha value is -1.94. The van der Waals surface area contributed by atoms with Gasteiger partial charge in [-0.25, -0.2) is 0 Å². The molecule has 1 unspecified atom stereocenters. The van der Waals surface area contributed by atoms with Gasteiger partial charge in [0.05, 0.1) is 5.56 Å². The topological polar surface area (TPSA) is 57.2 Å². The first-order chi connectivity index (χ1) is 15.1. The van der Waals surface area contributed by atoms with Crippen LogP contribution in [0, 0.1) is 6.92 Å². The summed E-state index contributed by atoms with van der Waals surface area (Å²) in [5, 5.41) is 10.9.